The summed E-state index contributed by atoms with van der Waals surface area (Å²) in [6.07, 6.45) is -10.5. The Hall–Kier alpha value is -9.76. The topological polar surface area (TPSA) is 142 Å². The molecule has 2 saturated heterocycles. The number of hydrogen-bond donors (Lipinski definition) is 0. The molecule has 27 heteroatoms. The average Bonchev–Trinajstić information content (AvgIpc) is 1.61. The van der Waals surface area contributed by atoms with Gasteiger partial charge in [-0.2, -0.15) is 26.3 Å². The molecule has 6 aromatic carbocycles. The molecule has 2 unspecified atom stereocenters. The van der Waals surface area contributed by atoms with Gasteiger partial charge in [0.1, 0.15) is 70.8 Å². The van der Waals surface area contributed by atoms with Crippen LogP contribution in [0.2, 0.25) is 0 Å². The Bertz CT molecular complexity index is 4430. The first kappa shape index (κ1) is 65.3. The van der Waals surface area contributed by atoms with Crippen LogP contribution < -0.4 is 9.47 Å². The molecule has 4 aromatic heterocycles. The lowest BCUT2D eigenvalue weighted by molar-refractivity contribution is -0.138. The monoisotopic (exact) mass is 1330 g/mol. The van der Waals surface area contributed by atoms with Gasteiger partial charge in [-0.15, -0.1) is 0 Å². The van der Waals surface area contributed by atoms with Gasteiger partial charge in [-0.25, -0.2) is 64.6 Å². The third-order valence-corrected chi connectivity index (χ3v) is 16.7. The molecule has 0 spiro atoms. The Labute approximate surface area is 529 Å². The number of imidazole rings is 2. The van der Waals surface area contributed by atoms with Crippen molar-refractivity contribution in [2.24, 2.45) is 10.8 Å². The number of pyridine rings is 2. The van der Waals surface area contributed by atoms with Crippen molar-refractivity contribution in [1.82, 2.24) is 29.1 Å². The van der Waals surface area contributed by atoms with E-state index in [4.69, 9.17) is 23.7 Å². The molecular weight excluding hydrogens is 1280 g/mol. The Morgan fingerprint density at radius 3 is 1.22 bits per heavy atom. The quantitative estimate of drug-likeness (QED) is 0.0518. The first-order valence-corrected chi connectivity index (χ1v) is 29.1. The molecule has 0 saturated carbocycles. The number of carbonyl (C=O) groups excluding carboxylic acids is 2. The van der Waals surface area contributed by atoms with Crippen LogP contribution in [0.25, 0.3) is 44.6 Å². The molecule has 6 heterocycles. The summed E-state index contributed by atoms with van der Waals surface area (Å²) in [7, 11) is 0. The van der Waals surface area contributed by atoms with Crippen molar-refractivity contribution in [3.8, 4) is 34.3 Å². The zero-order chi connectivity index (χ0) is 67.8. The zero-order valence-corrected chi connectivity index (χ0v) is 50.2. The molecule has 2 atom stereocenters. The molecule has 2 aliphatic rings. The predicted molar refractivity (Wildman–Crippen MR) is 313 cm³/mol. The normalized spacial score (nSPS) is 16.3. The van der Waals surface area contributed by atoms with Gasteiger partial charge in [0.15, 0.2) is 11.6 Å². The van der Waals surface area contributed by atoms with Crippen molar-refractivity contribution < 1.29 is 94.7 Å². The van der Waals surface area contributed by atoms with Gasteiger partial charge >= 0.3 is 24.3 Å². The zero-order valence-electron chi connectivity index (χ0n) is 50.2. The number of nitrogens with zero attached hydrogens (tertiary/aromatic N) is 6. The largest absolute Gasteiger partial charge is 0.473 e. The van der Waals surface area contributed by atoms with E-state index < -0.39 is 142 Å². The highest BCUT2D eigenvalue weighted by Gasteiger charge is 2.42. The van der Waals surface area contributed by atoms with Crippen LogP contribution in [-0.4, -0.2) is 67.4 Å². The minimum Gasteiger partial charge on any atom is -0.473 e. The summed E-state index contributed by atoms with van der Waals surface area (Å²) in [6.45, 7) is 6.66. The first-order chi connectivity index (χ1) is 44.9. The van der Waals surface area contributed by atoms with Gasteiger partial charge in [0.05, 0.1) is 83.2 Å². The van der Waals surface area contributed by atoms with Crippen molar-refractivity contribution in [2.45, 2.75) is 78.2 Å². The summed E-state index contributed by atoms with van der Waals surface area (Å²) in [5, 5.41) is 0. The van der Waals surface area contributed by atoms with Crippen molar-refractivity contribution in [2.75, 3.05) is 26.4 Å². The van der Waals surface area contributed by atoms with E-state index in [9.17, 15) is 44.7 Å². The van der Waals surface area contributed by atoms with Crippen molar-refractivity contribution in [3.63, 3.8) is 0 Å². The van der Waals surface area contributed by atoms with Gasteiger partial charge in [-0.05, 0) is 96.1 Å². The van der Waals surface area contributed by atoms with Gasteiger partial charge in [0.25, 0.3) is 0 Å². The standard InChI is InChI=1S/C68H50F14N6O7/c1-65(2)31-91-29-55(65)87-53-19-37(17-49(75)61(53)85-57(87)21-35-15-47(73)41(25-45(35)71)51-7-5-9-59(83-51)93-27-33-11-13-39(23-43(33)69)67(77,78)79)63(89)95-64(90)38-18-50(76)62-54(20-38)88(56-30-92-32-66(56,3)4)58(86-62)22-36-16-48(74)42(26-46(36)72)52-8-6-10-60(84-52)94-28-34-12-14-40(24-44(34)70)68(80,81)82/h5-20,23-26,55-56H,21-22,27-32H2,1-4H3. The fourth-order valence-corrected chi connectivity index (χ4v) is 11.6. The molecule has 0 bridgehead atoms. The third kappa shape index (κ3) is 13.1. The number of alkyl halides is 6. The summed E-state index contributed by atoms with van der Waals surface area (Å²) in [5.74, 6) is -11.6. The SMILES string of the molecule is CC1(C)COCC1n1c(Cc2cc(F)c(-c3cccc(OCc4ccc(C(F)(F)F)cc4F)n3)cc2F)nc2c(F)cc(C(=O)OC(=O)c3cc(F)c4nc(Cc5cc(F)c(-c6cccc(OCc7ccc(C(F)(F)F)cc7F)n6)cc5F)n(C5COCC5(C)C)c4c3)cc21. The maximum atomic E-state index is 16.5. The fraction of sp³-hybridized carbons (Fsp3) is 0.265. The van der Waals surface area contributed by atoms with Crippen LogP contribution >= 0.6 is 0 Å². The fourth-order valence-electron chi connectivity index (χ4n) is 11.6. The lowest BCUT2D eigenvalue weighted by Crippen LogP contribution is -2.27. The van der Waals surface area contributed by atoms with Crippen LogP contribution in [0, 0.1) is 57.4 Å². The lowest BCUT2D eigenvalue weighted by Gasteiger charge is -2.28. The second-order valence-corrected chi connectivity index (χ2v) is 24.3. The average molecular weight is 1330 g/mol. The Kier molecular flexibility index (Phi) is 17.1. The highest BCUT2D eigenvalue weighted by Crippen LogP contribution is 2.44. The van der Waals surface area contributed by atoms with E-state index in [0.29, 0.717) is 24.3 Å². The van der Waals surface area contributed by atoms with E-state index in [1.165, 1.54) is 57.7 Å². The highest BCUT2D eigenvalue weighted by molar-refractivity contribution is 6.05. The van der Waals surface area contributed by atoms with Crippen molar-refractivity contribution >= 4 is 34.0 Å². The van der Waals surface area contributed by atoms with Crippen LogP contribution in [0.15, 0.2) is 121 Å². The summed E-state index contributed by atoms with van der Waals surface area (Å²) in [6, 6.07) is 17.9. The molecule has 0 N–H and O–H groups in total. The minimum absolute atomic E-state index is 0.00518. The van der Waals surface area contributed by atoms with E-state index in [0.717, 1.165) is 48.5 Å². The molecule has 0 amide bonds. The molecule has 0 aliphatic carbocycles. The number of ether oxygens (including phenoxy) is 5. The third-order valence-electron chi connectivity index (χ3n) is 16.7. The van der Waals surface area contributed by atoms with Crippen molar-refractivity contribution in [3.05, 3.63) is 224 Å². The second-order valence-electron chi connectivity index (χ2n) is 24.3. The van der Waals surface area contributed by atoms with Crippen LogP contribution in [0.1, 0.15) is 106 Å². The second kappa shape index (κ2) is 24.9. The highest BCUT2D eigenvalue weighted by atomic mass is 19.4. The van der Waals surface area contributed by atoms with E-state index in [2.05, 4.69) is 19.9 Å². The minimum atomic E-state index is -4.78. The number of rotatable bonds is 16. The summed E-state index contributed by atoms with van der Waals surface area (Å²) >= 11 is 0. The first-order valence-electron chi connectivity index (χ1n) is 29.1. The number of aromatic nitrogens is 6. The number of halogens is 14. The number of hydrogen-bond acceptors (Lipinski definition) is 11. The molecular formula is C68H50F14N6O7. The van der Waals surface area contributed by atoms with Crippen molar-refractivity contribution in [1.29, 1.82) is 0 Å². The Morgan fingerprint density at radius 2 is 0.863 bits per heavy atom. The molecule has 13 nitrogen and oxygen atoms in total. The van der Waals surface area contributed by atoms with E-state index in [-0.39, 0.29) is 117 Å². The molecule has 12 rings (SSSR count). The van der Waals surface area contributed by atoms with Gasteiger partial charge in [0.2, 0.25) is 11.8 Å². The van der Waals surface area contributed by atoms with Crippen LogP contribution in [0.3, 0.4) is 0 Å². The van der Waals surface area contributed by atoms with Crippen LogP contribution in [0.5, 0.6) is 11.8 Å². The Balaban J connectivity index is 0.797. The number of carbonyl (C=O) groups is 2. The molecule has 95 heavy (non-hydrogen) atoms. The maximum Gasteiger partial charge on any atom is 0.416 e. The molecule has 2 fully saturated rings. The smallest absolute Gasteiger partial charge is 0.416 e. The molecule has 0 radical (unpaired) electrons. The Morgan fingerprint density at radius 1 is 0.474 bits per heavy atom. The summed E-state index contributed by atoms with van der Waals surface area (Å²) in [4.78, 5) is 45.5. The summed E-state index contributed by atoms with van der Waals surface area (Å²) < 4.78 is 237. The molecule has 10 aromatic rings. The van der Waals surface area contributed by atoms with Gasteiger partial charge < -0.3 is 32.8 Å². The summed E-state index contributed by atoms with van der Waals surface area (Å²) in [5.41, 5.74) is -7.41. The lowest BCUT2D eigenvalue weighted by atomic mass is 9.87. The number of benzene rings is 6. The van der Waals surface area contributed by atoms with E-state index >= 15 is 26.3 Å². The van der Waals surface area contributed by atoms with Gasteiger partial charge in [-0.1, -0.05) is 52.0 Å². The predicted octanol–water partition coefficient (Wildman–Crippen LogP) is 16.2. The van der Waals surface area contributed by atoms with Crippen LogP contribution in [-0.2, 0) is 52.6 Å². The maximum absolute atomic E-state index is 16.5. The number of fused-ring (bicyclic) bond motifs is 2. The molecule has 2 aliphatic heterocycles. The van der Waals surface area contributed by atoms with E-state index in [1.807, 2.05) is 27.7 Å². The van der Waals surface area contributed by atoms with Gasteiger partial charge in [-0.3, -0.25) is 0 Å². The van der Waals surface area contributed by atoms with E-state index in [1.54, 1.807) is 0 Å². The van der Waals surface area contributed by atoms with Gasteiger partial charge in [0, 0.05) is 58.1 Å². The van der Waals surface area contributed by atoms with Crippen LogP contribution in [0.4, 0.5) is 61.5 Å². The number of esters is 2. The molecule has 492 valence electrons.